The van der Waals surface area contributed by atoms with Gasteiger partial charge in [-0.05, 0) is 67.8 Å². The van der Waals surface area contributed by atoms with E-state index in [9.17, 15) is 4.79 Å². The summed E-state index contributed by atoms with van der Waals surface area (Å²) in [5, 5.41) is 7.82. The van der Waals surface area contributed by atoms with Gasteiger partial charge in [-0.25, -0.2) is 4.68 Å². The number of aryl methyl sites for hydroxylation is 2. The third-order valence-corrected chi connectivity index (χ3v) is 5.72. The highest BCUT2D eigenvalue weighted by Crippen LogP contribution is 2.32. The van der Waals surface area contributed by atoms with Gasteiger partial charge in [0.05, 0.1) is 18.5 Å². The Morgan fingerprint density at radius 2 is 1.77 bits per heavy atom. The summed E-state index contributed by atoms with van der Waals surface area (Å²) in [6.07, 6.45) is 5.03. The Hall–Kier alpha value is -4.13. The molecule has 180 valence electrons. The Kier molecular flexibility index (Phi) is 7.77. The zero-order chi connectivity index (χ0) is 24.6. The van der Waals surface area contributed by atoms with Crippen molar-refractivity contribution in [2.75, 3.05) is 7.11 Å². The van der Waals surface area contributed by atoms with Gasteiger partial charge >= 0.3 is 0 Å². The summed E-state index contributed by atoms with van der Waals surface area (Å²) in [4.78, 5) is 16.7. The highest BCUT2D eigenvalue weighted by Gasteiger charge is 2.21. The van der Waals surface area contributed by atoms with Crippen molar-refractivity contribution in [3.05, 3.63) is 95.4 Å². The fraction of sp³-hybridized carbons (Fsp3) is 0.250. The standard InChI is InChI=1S/C28H30N4O3/c1-4-26-25(15-16-27(33)30-19-21-6-5-17-29-18-21)28(35-24-11-7-20(2)8-12-24)32(31-26)22-9-13-23(34-3)14-10-22/h5-14,17-18H,4,15-16,19H2,1-3H3,(H,30,33). The van der Waals surface area contributed by atoms with E-state index in [-0.39, 0.29) is 5.91 Å². The number of pyridine rings is 1. The molecule has 2 aromatic heterocycles. The normalized spacial score (nSPS) is 10.7. The molecule has 0 unspecified atom stereocenters. The molecule has 0 aliphatic carbocycles. The van der Waals surface area contributed by atoms with E-state index in [2.05, 4.69) is 17.2 Å². The molecule has 0 spiro atoms. The van der Waals surface area contributed by atoms with Gasteiger partial charge in [0.15, 0.2) is 0 Å². The molecular formula is C28H30N4O3. The zero-order valence-electron chi connectivity index (χ0n) is 20.3. The van der Waals surface area contributed by atoms with E-state index < -0.39 is 0 Å². The molecule has 7 nitrogen and oxygen atoms in total. The number of carbonyl (C=O) groups is 1. The third-order valence-electron chi connectivity index (χ3n) is 5.72. The highest BCUT2D eigenvalue weighted by molar-refractivity contribution is 5.76. The number of aromatic nitrogens is 3. The first-order chi connectivity index (χ1) is 17.1. The first kappa shape index (κ1) is 24.0. The average Bonchev–Trinajstić information content (AvgIpc) is 3.25. The Bertz CT molecular complexity index is 1250. The Balaban J connectivity index is 1.60. The van der Waals surface area contributed by atoms with Crippen LogP contribution >= 0.6 is 0 Å². The molecule has 0 radical (unpaired) electrons. The summed E-state index contributed by atoms with van der Waals surface area (Å²) in [6.45, 7) is 4.55. The van der Waals surface area contributed by atoms with E-state index in [1.165, 1.54) is 0 Å². The second kappa shape index (κ2) is 11.3. The van der Waals surface area contributed by atoms with Gasteiger partial charge in [-0.15, -0.1) is 0 Å². The monoisotopic (exact) mass is 470 g/mol. The maximum absolute atomic E-state index is 12.6. The summed E-state index contributed by atoms with van der Waals surface area (Å²) >= 11 is 0. The Labute approximate surface area is 205 Å². The van der Waals surface area contributed by atoms with Gasteiger partial charge in [-0.1, -0.05) is 30.7 Å². The van der Waals surface area contributed by atoms with Crippen LogP contribution in [0.2, 0.25) is 0 Å². The zero-order valence-corrected chi connectivity index (χ0v) is 20.3. The number of nitrogens with one attached hydrogen (secondary N) is 1. The summed E-state index contributed by atoms with van der Waals surface area (Å²) < 4.78 is 13.5. The SMILES string of the molecule is CCc1nn(-c2ccc(OC)cc2)c(Oc2ccc(C)cc2)c1CCC(=O)NCc1cccnc1. The second-order valence-electron chi connectivity index (χ2n) is 8.25. The largest absolute Gasteiger partial charge is 0.497 e. The number of ether oxygens (including phenoxy) is 2. The molecule has 4 aromatic rings. The average molecular weight is 471 g/mol. The summed E-state index contributed by atoms with van der Waals surface area (Å²) in [6, 6.07) is 19.4. The highest BCUT2D eigenvalue weighted by atomic mass is 16.5. The first-order valence-corrected chi connectivity index (χ1v) is 11.7. The molecule has 0 aliphatic rings. The lowest BCUT2D eigenvalue weighted by Crippen LogP contribution is -2.23. The predicted molar refractivity (Wildman–Crippen MR) is 135 cm³/mol. The van der Waals surface area contributed by atoms with Gasteiger partial charge in [-0.3, -0.25) is 9.78 Å². The van der Waals surface area contributed by atoms with Crippen LogP contribution in [0.1, 0.15) is 35.7 Å². The maximum atomic E-state index is 12.6. The van der Waals surface area contributed by atoms with Gasteiger partial charge in [0.1, 0.15) is 11.5 Å². The first-order valence-electron chi connectivity index (χ1n) is 11.7. The topological polar surface area (TPSA) is 78.3 Å². The lowest BCUT2D eigenvalue weighted by Gasteiger charge is -2.12. The fourth-order valence-electron chi connectivity index (χ4n) is 3.76. The van der Waals surface area contributed by atoms with E-state index in [4.69, 9.17) is 14.6 Å². The Morgan fingerprint density at radius 1 is 1.03 bits per heavy atom. The molecule has 0 aliphatic heterocycles. The minimum atomic E-state index is -0.0330. The van der Waals surface area contributed by atoms with Crippen molar-refractivity contribution in [2.45, 2.75) is 39.7 Å². The van der Waals surface area contributed by atoms with E-state index in [1.54, 1.807) is 24.2 Å². The molecule has 0 atom stereocenters. The van der Waals surface area contributed by atoms with Crippen molar-refractivity contribution in [1.82, 2.24) is 20.1 Å². The number of benzene rings is 2. The number of rotatable bonds is 10. The number of carbonyl (C=O) groups excluding carboxylic acids is 1. The quantitative estimate of drug-likeness (QED) is 0.345. The molecule has 0 saturated carbocycles. The molecule has 7 heteroatoms. The van der Waals surface area contributed by atoms with Crippen LogP contribution in [0.4, 0.5) is 0 Å². The number of hydrogen-bond acceptors (Lipinski definition) is 5. The number of amides is 1. The molecule has 0 fully saturated rings. The van der Waals surface area contributed by atoms with Crippen molar-refractivity contribution in [3.63, 3.8) is 0 Å². The third kappa shape index (κ3) is 6.06. The Morgan fingerprint density at radius 3 is 2.43 bits per heavy atom. The molecule has 0 bridgehead atoms. The summed E-state index contributed by atoms with van der Waals surface area (Å²) in [7, 11) is 1.64. The van der Waals surface area contributed by atoms with Crippen LogP contribution in [0.25, 0.3) is 5.69 Å². The summed E-state index contributed by atoms with van der Waals surface area (Å²) in [5.41, 5.74) is 4.81. The van der Waals surface area contributed by atoms with Crippen molar-refractivity contribution >= 4 is 5.91 Å². The van der Waals surface area contributed by atoms with E-state index in [0.29, 0.717) is 25.3 Å². The molecule has 4 rings (SSSR count). The number of nitrogens with zero attached hydrogens (tertiary/aromatic N) is 3. The minimum Gasteiger partial charge on any atom is -0.497 e. The molecular weight excluding hydrogens is 440 g/mol. The van der Waals surface area contributed by atoms with E-state index >= 15 is 0 Å². The maximum Gasteiger partial charge on any atom is 0.226 e. The lowest BCUT2D eigenvalue weighted by molar-refractivity contribution is -0.121. The van der Waals surface area contributed by atoms with E-state index in [0.717, 1.165) is 46.0 Å². The van der Waals surface area contributed by atoms with Gasteiger partial charge in [-0.2, -0.15) is 5.10 Å². The molecule has 2 aromatic carbocycles. The second-order valence-corrected chi connectivity index (χ2v) is 8.25. The van der Waals surface area contributed by atoms with Gasteiger partial charge in [0.2, 0.25) is 11.8 Å². The molecule has 1 N–H and O–H groups in total. The molecule has 0 saturated heterocycles. The fourth-order valence-corrected chi connectivity index (χ4v) is 3.76. The van der Waals surface area contributed by atoms with Crippen molar-refractivity contribution in [3.8, 4) is 23.1 Å². The van der Waals surface area contributed by atoms with Crippen LogP contribution in [0.3, 0.4) is 0 Å². The predicted octanol–water partition coefficient (Wildman–Crippen LogP) is 5.19. The van der Waals surface area contributed by atoms with Crippen LogP contribution in [0.5, 0.6) is 17.4 Å². The van der Waals surface area contributed by atoms with Gasteiger partial charge in [0, 0.05) is 30.9 Å². The lowest BCUT2D eigenvalue weighted by atomic mass is 10.1. The molecule has 1 amide bonds. The van der Waals surface area contributed by atoms with Crippen LogP contribution < -0.4 is 14.8 Å². The molecule has 2 heterocycles. The van der Waals surface area contributed by atoms with E-state index in [1.807, 2.05) is 67.6 Å². The van der Waals surface area contributed by atoms with Crippen LogP contribution in [0, 0.1) is 6.92 Å². The molecule has 35 heavy (non-hydrogen) atoms. The van der Waals surface area contributed by atoms with Crippen LogP contribution in [-0.2, 0) is 24.2 Å². The van der Waals surface area contributed by atoms with Gasteiger partial charge < -0.3 is 14.8 Å². The van der Waals surface area contributed by atoms with Gasteiger partial charge in [0.25, 0.3) is 0 Å². The summed E-state index contributed by atoms with van der Waals surface area (Å²) in [5.74, 6) is 2.07. The minimum absolute atomic E-state index is 0.0330. The number of methoxy groups -OCH3 is 1. The van der Waals surface area contributed by atoms with Crippen molar-refractivity contribution in [2.24, 2.45) is 0 Å². The smallest absolute Gasteiger partial charge is 0.226 e. The van der Waals surface area contributed by atoms with Crippen molar-refractivity contribution < 1.29 is 14.3 Å². The number of hydrogen-bond donors (Lipinski definition) is 1. The van der Waals surface area contributed by atoms with Crippen LogP contribution in [0.15, 0.2) is 73.1 Å². The van der Waals surface area contributed by atoms with Crippen molar-refractivity contribution in [1.29, 1.82) is 0 Å². The van der Waals surface area contributed by atoms with Crippen LogP contribution in [-0.4, -0.2) is 27.8 Å².